The number of benzene rings is 3. The first kappa shape index (κ1) is 29.2. The first-order valence-corrected chi connectivity index (χ1v) is 13.6. The molecule has 0 saturated carbocycles. The van der Waals surface area contributed by atoms with Crippen LogP contribution in [0.5, 0.6) is 5.75 Å². The van der Waals surface area contributed by atoms with E-state index in [1.54, 1.807) is 44.4 Å². The third-order valence-corrected chi connectivity index (χ3v) is 7.84. The van der Waals surface area contributed by atoms with E-state index in [-0.39, 0.29) is 24.9 Å². The summed E-state index contributed by atoms with van der Waals surface area (Å²) in [5.74, 6) is -0.0131. The van der Waals surface area contributed by atoms with E-state index in [4.69, 9.17) is 14.2 Å². The molecule has 0 amide bonds. The van der Waals surface area contributed by atoms with Crippen molar-refractivity contribution >= 4 is 45.3 Å². The molecule has 0 spiro atoms. The van der Waals surface area contributed by atoms with E-state index in [2.05, 4.69) is 15.9 Å². The third kappa shape index (κ3) is 8.59. The van der Waals surface area contributed by atoms with E-state index in [0.29, 0.717) is 22.0 Å². The highest BCUT2D eigenvalue weighted by Crippen LogP contribution is 2.34. The van der Waals surface area contributed by atoms with Gasteiger partial charge in [0.15, 0.2) is 0 Å². The first-order valence-electron chi connectivity index (χ1n) is 12.0. The monoisotopic (exact) mass is 601 g/mol. The Balaban J connectivity index is 1.69. The Morgan fingerprint density at radius 1 is 1.00 bits per heavy atom. The zero-order chi connectivity index (χ0) is 27.5. The highest BCUT2D eigenvalue weighted by Gasteiger charge is 2.23. The van der Waals surface area contributed by atoms with E-state index in [1.807, 2.05) is 24.3 Å². The van der Waals surface area contributed by atoms with E-state index in [9.17, 15) is 19.7 Å². The van der Waals surface area contributed by atoms with Crippen molar-refractivity contribution in [3.63, 3.8) is 0 Å². The van der Waals surface area contributed by atoms with Crippen molar-refractivity contribution in [2.75, 3.05) is 13.7 Å². The molecule has 0 radical (unpaired) electrons. The summed E-state index contributed by atoms with van der Waals surface area (Å²) in [5, 5.41) is 10.4. The van der Waals surface area contributed by atoms with Crippen molar-refractivity contribution in [2.45, 2.75) is 42.9 Å². The lowest BCUT2D eigenvalue weighted by Crippen LogP contribution is -2.20. The lowest BCUT2D eigenvalue weighted by molar-refractivity contribution is -0.384. The van der Waals surface area contributed by atoms with E-state index in [0.717, 1.165) is 29.1 Å². The molecule has 0 fully saturated rings. The Hall–Kier alpha value is -3.37. The quantitative estimate of drug-likeness (QED) is 0.0914. The van der Waals surface area contributed by atoms with Crippen LogP contribution in [0.3, 0.4) is 0 Å². The number of ether oxygens (including phenoxy) is 3. The van der Waals surface area contributed by atoms with Crippen LogP contribution in [0, 0.1) is 10.1 Å². The van der Waals surface area contributed by atoms with Crippen LogP contribution in [-0.4, -0.2) is 35.8 Å². The number of hydrogen-bond donors (Lipinski definition) is 0. The molecule has 0 N–H and O–H groups in total. The van der Waals surface area contributed by atoms with Gasteiger partial charge < -0.3 is 14.2 Å². The number of aryl methyl sites for hydroxylation is 1. The molecule has 3 rings (SSSR count). The van der Waals surface area contributed by atoms with Gasteiger partial charge in [0.05, 0.1) is 24.2 Å². The number of nitro benzene ring substituents is 1. The van der Waals surface area contributed by atoms with Gasteiger partial charge in [0.25, 0.3) is 5.69 Å². The number of hydrogen-bond acceptors (Lipinski definition) is 8. The molecule has 0 saturated heterocycles. The first-order chi connectivity index (χ1) is 18.3. The Bertz CT molecular complexity index is 1250. The number of nitrogens with zero attached hydrogens (tertiary/aromatic N) is 1. The molecular weight excluding hydrogens is 574 g/mol. The summed E-state index contributed by atoms with van der Waals surface area (Å²) in [6.07, 6.45) is 2.08. The standard InChI is InChI=1S/C28H28BrNO7S/c1-3-36-27(31)21-11-16-25(24(29)17-21)38-26(6-4-5-19-9-14-23(35-2)15-10-19)28(32)37-18-20-7-12-22(13-8-20)30(33)34/h7-17,26H,3-6,18H2,1-2H3/t26-/m0/s1. The maximum absolute atomic E-state index is 13.1. The fourth-order valence-corrected chi connectivity index (χ4v) is 5.29. The molecule has 8 nitrogen and oxygen atoms in total. The van der Waals surface area contributed by atoms with Crippen molar-refractivity contribution in [3.8, 4) is 5.75 Å². The van der Waals surface area contributed by atoms with Crippen LogP contribution >= 0.6 is 27.7 Å². The van der Waals surface area contributed by atoms with Gasteiger partial charge in [0.1, 0.15) is 17.6 Å². The van der Waals surface area contributed by atoms with Crippen molar-refractivity contribution in [3.05, 3.63) is 98.0 Å². The maximum atomic E-state index is 13.1. The van der Waals surface area contributed by atoms with Crippen molar-refractivity contribution in [1.29, 1.82) is 0 Å². The second kappa shape index (κ2) is 14.5. The summed E-state index contributed by atoms with van der Waals surface area (Å²) in [7, 11) is 1.62. The van der Waals surface area contributed by atoms with Gasteiger partial charge in [-0.3, -0.25) is 14.9 Å². The Kier molecular flexibility index (Phi) is 11.2. The number of methoxy groups -OCH3 is 1. The minimum atomic E-state index is -0.504. The number of halogens is 1. The van der Waals surface area contributed by atoms with Crippen molar-refractivity contribution in [1.82, 2.24) is 0 Å². The van der Waals surface area contributed by atoms with Crippen LogP contribution in [0.4, 0.5) is 5.69 Å². The second-order valence-electron chi connectivity index (χ2n) is 8.24. The number of nitro groups is 1. The van der Waals surface area contributed by atoms with Crippen LogP contribution in [0.2, 0.25) is 0 Å². The van der Waals surface area contributed by atoms with Crippen LogP contribution < -0.4 is 4.74 Å². The number of carbonyl (C=O) groups excluding carboxylic acids is 2. The van der Waals surface area contributed by atoms with E-state index >= 15 is 0 Å². The zero-order valence-corrected chi connectivity index (χ0v) is 23.5. The van der Waals surface area contributed by atoms with Crippen molar-refractivity contribution < 1.29 is 28.7 Å². The van der Waals surface area contributed by atoms with Gasteiger partial charge in [-0.15, -0.1) is 11.8 Å². The Morgan fingerprint density at radius 3 is 2.29 bits per heavy atom. The SMILES string of the molecule is CCOC(=O)c1ccc(S[C@@H](CCCc2ccc(OC)cc2)C(=O)OCc2ccc([N+](=O)[O-])cc2)c(Br)c1. The Morgan fingerprint density at radius 2 is 1.68 bits per heavy atom. The molecule has 0 heterocycles. The topological polar surface area (TPSA) is 105 Å². The van der Waals surface area contributed by atoms with Gasteiger partial charge in [-0.05, 0) is 95.7 Å². The molecule has 0 aromatic heterocycles. The minimum absolute atomic E-state index is 0.00926. The molecule has 3 aromatic rings. The average Bonchev–Trinajstić information content (AvgIpc) is 2.92. The van der Waals surface area contributed by atoms with Gasteiger partial charge in [-0.1, -0.05) is 12.1 Å². The smallest absolute Gasteiger partial charge is 0.338 e. The van der Waals surface area contributed by atoms with Gasteiger partial charge in [-0.25, -0.2) is 4.79 Å². The zero-order valence-electron chi connectivity index (χ0n) is 21.1. The van der Waals surface area contributed by atoms with Crippen molar-refractivity contribution in [2.24, 2.45) is 0 Å². The minimum Gasteiger partial charge on any atom is -0.497 e. The van der Waals surface area contributed by atoms with E-state index < -0.39 is 16.1 Å². The molecule has 38 heavy (non-hydrogen) atoms. The highest BCUT2D eigenvalue weighted by atomic mass is 79.9. The number of esters is 2. The van der Waals surface area contributed by atoms with Gasteiger partial charge in [0.2, 0.25) is 0 Å². The second-order valence-corrected chi connectivity index (χ2v) is 10.3. The fourth-order valence-electron chi connectivity index (χ4n) is 3.56. The van der Waals surface area contributed by atoms with Gasteiger partial charge >= 0.3 is 11.9 Å². The summed E-state index contributed by atoms with van der Waals surface area (Å²) in [6.45, 7) is 2.04. The molecule has 0 aliphatic rings. The summed E-state index contributed by atoms with van der Waals surface area (Å²) >= 11 is 4.87. The number of non-ortho nitro benzene ring substituents is 1. The Labute approximate surface area is 234 Å². The molecule has 0 unspecified atom stereocenters. The normalized spacial score (nSPS) is 11.4. The summed E-state index contributed by atoms with van der Waals surface area (Å²) in [5.41, 5.74) is 2.18. The van der Waals surface area contributed by atoms with Crippen LogP contribution in [0.15, 0.2) is 76.1 Å². The van der Waals surface area contributed by atoms with Gasteiger partial charge in [-0.2, -0.15) is 0 Å². The summed E-state index contributed by atoms with van der Waals surface area (Å²) < 4.78 is 16.5. The van der Waals surface area contributed by atoms with Crippen LogP contribution in [0.1, 0.15) is 41.3 Å². The summed E-state index contributed by atoms with van der Waals surface area (Å²) in [6, 6.07) is 18.8. The van der Waals surface area contributed by atoms with Crippen LogP contribution in [0.25, 0.3) is 0 Å². The molecule has 10 heteroatoms. The van der Waals surface area contributed by atoms with E-state index in [1.165, 1.54) is 23.9 Å². The summed E-state index contributed by atoms with van der Waals surface area (Å²) in [4.78, 5) is 36.4. The number of carbonyl (C=O) groups is 2. The fraction of sp³-hybridized carbons (Fsp3) is 0.286. The highest BCUT2D eigenvalue weighted by molar-refractivity contribution is 9.10. The average molecular weight is 603 g/mol. The molecule has 200 valence electrons. The number of thioether (sulfide) groups is 1. The van der Waals surface area contributed by atoms with Crippen LogP contribution in [-0.2, 0) is 27.3 Å². The third-order valence-electron chi connectivity index (χ3n) is 5.59. The predicted molar refractivity (Wildman–Crippen MR) is 149 cm³/mol. The lowest BCUT2D eigenvalue weighted by atomic mass is 10.1. The molecule has 0 aliphatic carbocycles. The predicted octanol–water partition coefficient (Wildman–Crippen LogP) is 6.77. The molecule has 0 bridgehead atoms. The maximum Gasteiger partial charge on any atom is 0.338 e. The molecule has 3 aromatic carbocycles. The number of rotatable bonds is 13. The lowest BCUT2D eigenvalue weighted by Gasteiger charge is -2.17. The van der Waals surface area contributed by atoms with Gasteiger partial charge in [0, 0.05) is 21.5 Å². The largest absolute Gasteiger partial charge is 0.497 e. The molecule has 1 atom stereocenters. The molecular formula is C28H28BrNO7S. The molecule has 0 aliphatic heterocycles.